The predicted octanol–water partition coefficient (Wildman–Crippen LogP) is -1.53. The quantitative estimate of drug-likeness (QED) is 0.379. The van der Waals surface area contributed by atoms with Gasteiger partial charge in [-0.3, -0.25) is 4.79 Å². The molecule has 0 heterocycles. The highest BCUT2D eigenvalue weighted by molar-refractivity contribution is 6.06. The first kappa shape index (κ1) is 12.9. The van der Waals surface area contributed by atoms with Gasteiger partial charge in [0, 0.05) is 6.54 Å². The maximum Gasteiger partial charge on any atom is 0.337 e. The van der Waals surface area contributed by atoms with E-state index in [1.807, 2.05) is 0 Å². The van der Waals surface area contributed by atoms with Gasteiger partial charge in [-0.15, -0.1) is 0 Å². The van der Waals surface area contributed by atoms with Crippen LogP contribution >= 0.6 is 0 Å². The number of nitrogens with two attached hydrogens (primary N) is 3. The molecule has 0 aliphatic rings. The highest BCUT2D eigenvalue weighted by Crippen LogP contribution is 2.11. The number of carbonyl (C=O) groups is 2. The Bertz CT molecular complexity index is 247. The Morgan fingerprint density at radius 1 is 1.29 bits per heavy atom. The smallest absolute Gasteiger partial charge is 0.337 e. The first-order valence-corrected chi connectivity index (χ1v) is 4.16. The molecule has 1 unspecified atom stereocenters. The summed E-state index contributed by atoms with van der Waals surface area (Å²) in [5.74, 6) is -1.89. The zero-order valence-corrected chi connectivity index (χ0v) is 8.66. The summed E-state index contributed by atoms with van der Waals surface area (Å²) >= 11 is 0. The minimum atomic E-state index is -1.94. The maximum atomic E-state index is 11.4. The fraction of sp³-hybridized carbons (Fsp3) is 0.750. The van der Waals surface area contributed by atoms with E-state index >= 15 is 0 Å². The lowest BCUT2D eigenvalue weighted by molar-refractivity contribution is -0.163. The van der Waals surface area contributed by atoms with Crippen LogP contribution in [-0.2, 0) is 14.3 Å². The van der Waals surface area contributed by atoms with Crippen molar-refractivity contribution in [3.05, 3.63) is 0 Å². The van der Waals surface area contributed by atoms with Crippen molar-refractivity contribution in [1.29, 1.82) is 0 Å². The molecule has 6 nitrogen and oxygen atoms in total. The summed E-state index contributed by atoms with van der Waals surface area (Å²) < 4.78 is 4.91. The summed E-state index contributed by atoms with van der Waals surface area (Å²) in [5.41, 5.74) is 12.9. The second kappa shape index (κ2) is 3.93. The molecular weight excluding hydrogens is 186 g/mol. The van der Waals surface area contributed by atoms with Crippen molar-refractivity contribution in [2.24, 2.45) is 17.2 Å². The van der Waals surface area contributed by atoms with E-state index in [0.717, 1.165) is 0 Å². The average Bonchev–Trinajstić information content (AvgIpc) is 1.99. The van der Waals surface area contributed by atoms with Crippen molar-refractivity contribution in [1.82, 2.24) is 0 Å². The van der Waals surface area contributed by atoms with Crippen LogP contribution in [0.3, 0.4) is 0 Å². The van der Waals surface area contributed by atoms with Crippen LogP contribution < -0.4 is 17.2 Å². The number of ether oxygens (including phenoxy) is 1. The first-order valence-electron chi connectivity index (χ1n) is 4.16. The Hall–Kier alpha value is -1.14. The molecule has 0 aliphatic carbocycles. The van der Waals surface area contributed by atoms with E-state index in [2.05, 4.69) is 0 Å². The third-order valence-corrected chi connectivity index (χ3v) is 1.52. The van der Waals surface area contributed by atoms with Gasteiger partial charge >= 0.3 is 5.97 Å². The lowest BCUT2D eigenvalue weighted by atomic mass is 10.0. The fourth-order valence-electron chi connectivity index (χ4n) is 0.654. The Morgan fingerprint density at radius 3 is 1.93 bits per heavy atom. The molecule has 0 aromatic heterocycles. The van der Waals surface area contributed by atoms with Crippen molar-refractivity contribution in [3.63, 3.8) is 0 Å². The second-order valence-corrected chi connectivity index (χ2v) is 4.04. The van der Waals surface area contributed by atoms with Crippen molar-refractivity contribution < 1.29 is 14.3 Å². The molecule has 82 valence electrons. The van der Waals surface area contributed by atoms with Crippen LogP contribution in [0.4, 0.5) is 0 Å². The van der Waals surface area contributed by atoms with Gasteiger partial charge in [0.1, 0.15) is 5.60 Å². The fourth-order valence-corrected chi connectivity index (χ4v) is 0.654. The Balaban J connectivity index is 4.73. The number of esters is 1. The van der Waals surface area contributed by atoms with Crippen molar-refractivity contribution in [2.75, 3.05) is 6.54 Å². The Kier molecular flexibility index (Phi) is 3.61. The zero-order valence-electron chi connectivity index (χ0n) is 8.66. The number of hydrogen-bond acceptors (Lipinski definition) is 5. The van der Waals surface area contributed by atoms with Crippen LogP contribution in [0.5, 0.6) is 0 Å². The second-order valence-electron chi connectivity index (χ2n) is 4.04. The third-order valence-electron chi connectivity index (χ3n) is 1.52. The van der Waals surface area contributed by atoms with E-state index < -0.39 is 23.0 Å². The average molecular weight is 203 g/mol. The molecule has 0 radical (unpaired) electrons. The molecule has 0 aliphatic heterocycles. The maximum absolute atomic E-state index is 11.4. The normalized spacial score (nSPS) is 15.8. The van der Waals surface area contributed by atoms with Crippen LogP contribution in [0.15, 0.2) is 0 Å². The standard InChI is InChI=1S/C8H17N3O3/c1-7(2,3)14-6(13)8(11,4-9)5(10)12/h4,9,11H2,1-3H3,(H2,10,12). The SMILES string of the molecule is CC(C)(C)OC(=O)C(N)(CN)C(N)=O. The minimum absolute atomic E-state index is 0.378. The molecule has 6 N–H and O–H groups in total. The summed E-state index contributed by atoms with van der Waals surface area (Å²) in [7, 11) is 0. The molecular formula is C8H17N3O3. The van der Waals surface area contributed by atoms with Crippen LogP contribution in [0, 0.1) is 0 Å². The van der Waals surface area contributed by atoms with Gasteiger partial charge in [0.05, 0.1) is 0 Å². The summed E-state index contributed by atoms with van der Waals surface area (Å²) in [6.45, 7) is 4.59. The number of carbonyl (C=O) groups excluding carboxylic acids is 2. The van der Waals surface area contributed by atoms with E-state index in [1.54, 1.807) is 20.8 Å². The summed E-state index contributed by atoms with van der Waals surface area (Å²) in [5, 5.41) is 0. The van der Waals surface area contributed by atoms with E-state index in [1.165, 1.54) is 0 Å². The molecule has 6 heteroatoms. The van der Waals surface area contributed by atoms with E-state index in [9.17, 15) is 9.59 Å². The number of rotatable bonds is 3. The highest BCUT2D eigenvalue weighted by atomic mass is 16.6. The van der Waals surface area contributed by atoms with Crippen LogP contribution in [0.1, 0.15) is 20.8 Å². The minimum Gasteiger partial charge on any atom is -0.458 e. The third kappa shape index (κ3) is 2.97. The molecule has 0 spiro atoms. The van der Waals surface area contributed by atoms with Crippen molar-refractivity contribution in [2.45, 2.75) is 31.9 Å². The Labute approximate surface area is 82.8 Å². The first-order chi connectivity index (χ1) is 6.13. The predicted molar refractivity (Wildman–Crippen MR) is 51.0 cm³/mol. The van der Waals surface area contributed by atoms with Gasteiger partial charge in [-0.1, -0.05) is 0 Å². The number of primary amides is 1. The molecule has 0 saturated heterocycles. The van der Waals surface area contributed by atoms with Gasteiger partial charge in [0.2, 0.25) is 11.4 Å². The van der Waals surface area contributed by atoms with Gasteiger partial charge < -0.3 is 21.9 Å². The molecule has 0 saturated carbocycles. The number of amides is 1. The highest BCUT2D eigenvalue weighted by Gasteiger charge is 2.42. The largest absolute Gasteiger partial charge is 0.458 e. The van der Waals surface area contributed by atoms with E-state index in [-0.39, 0.29) is 6.54 Å². The van der Waals surface area contributed by atoms with Crippen LogP contribution in [0.25, 0.3) is 0 Å². The lowest BCUT2D eigenvalue weighted by Crippen LogP contribution is -2.64. The van der Waals surface area contributed by atoms with Crippen LogP contribution in [0.2, 0.25) is 0 Å². The molecule has 14 heavy (non-hydrogen) atoms. The zero-order chi connectivity index (χ0) is 11.6. The van der Waals surface area contributed by atoms with E-state index in [4.69, 9.17) is 21.9 Å². The van der Waals surface area contributed by atoms with Crippen molar-refractivity contribution in [3.8, 4) is 0 Å². The molecule has 0 aromatic rings. The monoisotopic (exact) mass is 203 g/mol. The summed E-state index contributed by atoms with van der Waals surface area (Å²) in [6, 6.07) is 0. The Morgan fingerprint density at radius 2 is 1.71 bits per heavy atom. The van der Waals surface area contributed by atoms with Gasteiger partial charge in [-0.2, -0.15) is 0 Å². The van der Waals surface area contributed by atoms with Gasteiger partial charge in [-0.25, -0.2) is 4.79 Å². The van der Waals surface area contributed by atoms with Gasteiger partial charge in [0.15, 0.2) is 0 Å². The van der Waals surface area contributed by atoms with E-state index in [0.29, 0.717) is 0 Å². The molecule has 0 bridgehead atoms. The lowest BCUT2D eigenvalue weighted by Gasteiger charge is -2.27. The summed E-state index contributed by atoms with van der Waals surface area (Å²) in [4.78, 5) is 22.3. The van der Waals surface area contributed by atoms with Crippen LogP contribution in [-0.4, -0.2) is 29.6 Å². The molecule has 1 atom stereocenters. The summed E-state index contributed by atoms with van der Waals surface area (Å²) in [6.07, 6.45) is 0. The molecule has 0 fully saturated rings. The number of hydrogen-bond donors (Lipinski definition) is 3. The van der Waals surface area contributed by atoms with Gasteiger partial charge in [0.25, 0.3) is 0 Å². The molecule has 1 amide bonds. The van der Waals surface area contributed by atoms with Gasteiger partial charge in [-0.05, 0) is 20.8 Å². The molecule has 0 rings (SSSR count). The molecule has 0 aromatic carbocycles. The topological polar surface area (TPSA) is 121 Å². The van der Waals surface area contributed by atoms with Crippen molar-refractivity contribution >= 4 is 11.9 Å².